The summed E-state index contributed by atoms with van der Waals surface area (Å²) in [6.45, 7) is 0.546. The molecule has 0 amide bonds. The van der Waals surface area contributed by atoms with E-state index < -0.39 is 0 Å². The van der Waals surface area contributed by atoms with Gasteiger partial charge in [-0.25, -0.2) is 4.98 Å². The van der Waals surface area contributed by atoms with Gasteiger partial charge in [0.25, 0.3) is 0 Å². The van der Waals surface area contributed by atoms with Crippen molar-refractivity contribution in [2.24, 2.45) is 5.73 Å². The predicted molar refractivity (Wildman–Crippen MR) is 53.2 cm³/mol. The minimum absolute atomic E-state index is 0.546. The van der Waals surface area contributed by atoms with E-state index in [4.69, 9.17) is 5.73 Å². The number of thiazole rings is 1. The Labute approximate surface area is 80.3 Å². The molecule has 2 heterocycles. The van der Waals surface area contributed by atoms with Gasteiger partial charge in [-0.3, -0.25) is 4.98 Å². The van der Waals surface area contributed by atoms with E-state index in [2.05, 4.69) is 9.97 Å². The third-order valence-corrected chi connectivity index (χ3v) is 2.68. The molecule has 66 valence electrons. The molecule has 3 nitrogen and oxygen atoms in total. The fourth-order valence-electron chi connectivity index (χ4n) is 1.01. The first-order valence-corrected chi connectivity index (χ1v) is 4.78. The van der Waals surface area contributed by atoms with Crippen molar-refractivity contribution < 1.29 is 0 Å². The van der Waals surface area contributed by atoms with Gasteiger partial charge in [-0.05, 0) is 12.1 Å². The summed E-state index contributed by atoms with van der Waals surface area (Å²) in [6.07, 6.45) is 3.56. The summed E-state index contributed by atoms with van der Waals surface area (Å²) in [5.74, 6) is 0. The van der Waals surface area contributed by atoms with Crippen molar-refractivity contribution >= 4 is 11.3 Å². The largest absolute Gasteiger partial charge is 0.326 e. The zero-order chi connectivity index (χ0) is 9.10. The fourth-order valence-corrected chi connectivity index (χ4v) is 1.78. The smallest absolute Gasteiger partial charge is 0.142 e. The maximum absolute atomic E-state index is 5.49. The molecule has 0 unspecified atom stereocenters. The van der Waals surface area contributed by atoms with Crippen LogP contribution in [0.4, 0.5) is 0 Å². The van der Waals surface area contributed by atoms with Crippen molar-refractivity contribution in [2.45, 2.75) is 6.54 Å². The van der Waals surface area contributed by atoms with E-state index in [-0.39, 0.29) is 0 Å². The summed E-state index contributed by atoms with van der Waals surface area (Å²) >= 11 is 1.59. The summed E-state index contributed by atoms with van der Waals surface area (Å²) in [5, 5.41) is 0.932. The van der Waals surface area contributed by atoms with E-state index in [0.717, 1.165) is 15.6 Å². The molecule has 2 N–H and O–H groups in total. The first-order valence-electron chi connectivity index (χ1n) is 3.96. The maximum Gasteiger partial charge on any atom is 0.142 e. The molecular weight excluding hydrogens is 182 g/mol. The van der Waals surface area contributed by atoms with Gasteiger partial charge in [-0.1, -0.05) is 6.07 Å². The first-order chi connectivity index (χ1) is 6.40. The van der Waals surface area contributed by atoms with Crippen LogP contribution in [0.15, 0.2) is 30.6 Å². The molecule has 13 heavy (non-hydrogen) atoms. The molecule has 0 fully saturated rings. The van der Waals surface area contributed by atoms with Crippen LogP contribution < -0.4 is 5.73 Å². The minimum atomic E-state index is 0.546. The lowest BCUT2D eigenvalue weighted by molar-refractivity contribution is 1.10. The summed E-state index contributed by atoms with van der Waals surface area (Å²) in [5.41, 5.74) is 6.40. The molecule has 0 saturated carbocycles. The first kappa shape index (κ1) is 8.34. The van der Waals surface area contributed by atoms with Gasteiger partial charge in [-0.2, -0.15) is 0 Å². The van der Waals surface area contributed by atoms with E-state index >= 15 is 0 Å². The zero-order valence-corrected chi connectivity index (χ0v) is 7.79. The quantitative estimate of drug-likeness (QED) is 0.785. The third-order valence-electron chi connectivity index (χ3n) is 1.64. The number of hydrogen-bond donors (Lipinski definition) is 1. The lowest BCUT2D eigenvalue weighted by Crippen LogP contribution is -1.91. The summed E-state index contributed by atoms with van der Waals surface area (Å²) in [6, 6.07) is 5.78. The second kappa shape index (κ2) is 3.64. The van der Waals surface area contributed by atoms with E-state index in [9.17, 15) is 0 Å². The van der Waals surface area contributed by atoms with Crippen molar-refractivity contribution in [3.8, 4) is 10.7 Å². The van der Waals surface area contributed by atoms with Crippen LogP contribution in [0.3, 0.4) is 0 Å². The Balaban J connectivity index is 2.36. The van der Waals surface area contributed by atoms with Crippen LogP contribution in [0.2, 0.25) is 0 Å². The monoisotopic (exact) mass is 191 g/mol. The summed E-state index contributed by atoms with van der Waals surface area (Å²) in [7, 11) is 0. The highest BCUT2D eigenvalue weighted by Crippen LogP contribution is 2.22. The van der Waals surface area contributed by atoms with Gasteiger partial charge in [0.05, 0.1) is 5.69 Å². The zero-order valence-electron chi connectivity index (χ0n) is 6.97. The molecule has 4 heteroatoms. The second-order valence-electron chi connectivity index (χ2n) is 2.55. The Kier molecular flexibility index (Phi) is 2.33. The molecule has 0 spiro atoms. The third kappa shape index (κ3) is 1.74. The summed E-state index contributed by atoms with van der Waals surface area (Å²) < 4.78 is 0. The van der Waals surface area contributed by atoms with Gasteiger partial charge < -0.3 is 5.73 Å². The lowest BCUT2D eigenvalue weighted by Gasteiger charge is -1.91. The van der Waals surface area contributed by atoms with Crippen molar-refractivity contribution in [1.82, 2.24) is 9.97 Å². The number of pyridine rings is 1. The van der Waals surface area contributed by atoms with Crippen molar-refractivity contribution in [1.29, 1.82) is 0 Å². The average Bonchev–Trinajstić information content (AvgIpc) is 2.67. The Morgan fingerprint density at radius 2 is 2.23 bits per heavy atom. The minimum Gasteiger partial charge on any atom is -0.326 e. The topological polar surface area (TPSA) is 51.8 Å². The van der Waals surface area contributed by atoms with E-state index in [1.807, 2.05) is 18.2 Å². The molecule has 2 rings (SSSR count). The van der Waals surface area contributed by atoms with Crippen LogP contribution in [0.5, 0.6) is 0 Å². The Morgan fingerprint density at radius 3 is 2.85 bits per heavy atom. The Hall–Kier alpha value is -1.26. The van der Waals surface area contributed by atoms with Gasteiger partial charge in [0.2, 0.25) is 0 Å². The number of hydrogen-bond acceptors (Lipinski definition) is 4. The molecule has 0 aromatic carbocycles. The van der Waals surface area contributed by atoms with E-state index in [0.29, 0.717) is 6.54 Å². The van der Waals surface area contributed by atoms with Crippen LogP contribution in [0, 0.1) is 0 Å². The normalized spacial score (nSPS) is 10.2. The molecule has 0 radical (unpaired) electrons. The van der Waals surface area contributed by atoms with E-state index in [1.165, 1.54) is 0 Å². The highest BCUT2D eigenvalue weighted by molar-refractivity contribution is 7.14. The molecule has 0 saturated heterocycles. The highest BCUT2D eigenvalue weighted by atomic mass is 32.1. The van der Waals surface area contributed by atoms with Gasteiger partial charge in [0.15, 0.2) is 0 Å². The molecular formula is C9H9N3S. The van der Waals surface area contributed by atoms with Crippen LogP contribution in [-0.4, -0.2) is 9.97 Å². The Bertz CT molecular complexity index is 383. The second-order valence-corrected chi connectivity index (χ2v) is 3.67. The molecule has 0 aliphatic rings. The van der Waals surface area contributed by atoms with Crippen molar-refractivity contribution in [2.75, 3.05) is 0 Å². The molecule has 2 aromatic rings. The van der Waals surface area contributed by atoms with Crippen LogP contribution in [0.25, 0.3) is 10.7 Å². The molecule has 2 aromatic heterocycles. The summed E-state index contributed by atoms with van der Waals surface area (Å²) in [4.78, 5) is 9.52. The standard InChI is InChI=1S/C9H9N3S/c10-5-7-6-12-9(13-7)8-3-1-2-4-11-8/h1-4,6H,5,10H2. The lowest BCUT2D eigenvalue weighted by atomic mass is 10.4. The van der Waals surface area contributed by atoms with Gasteiger partial charge in [-0.15, -0.1) is 11.3 Å². The molecule has 0 aliphatic carbocycles. The van der Waals surface area contributed by atoms with Crippen LogP contribution in [-0.2, 0) is 6.54 Å². The number of aromatic nitrogens is 2. The molecule has 0 aliphatic heterocycles. The molecule has 0 bridgehead atoms. The maximum atomic E-state index is 5.49. The van der Waals surface area contributed by atoms with Crippen LogP contribution >= 0.6 is 11.3 Å². The predicted octanol–water partition coefficient (Wildman–Crippen LogP) is 1.66. The SMILES string of the molecule is NCc1cnc(-c2ccccn2)s1. The number of nitrogens with zero attached hydrogens (tertiary/aromatic N) is 2. The van der Waals surface area contributed by atoms with Crippen LogP contribution in [0.1, 0.15) is 4.88 Å². The van der Waals surface area contributed by atoms with Crippen molar-refractivity contribution in [3.63, 3.8) is 0 Å². The highest BCUT2D eigenvalue weighted by Gasteiger charge is 2.03. The van der Waals surface area contributed by atoms with Gasteiger partial charge in [0.1, 0.15) is 5.01 Å². The number of nitrogens with two attached hydrogens (primary N) is 1. The van der Waals surface area contributed by atoms with Gasteiger partial charge >= 0.3 is 0 Å². The Morgan fingerprint density at radius 1 is 1.31 bits per heavy atom. The molecule has 0 atom stereocenters. The average molecular weight is 191 g/mol. The fraction of sp³-hybridized carbons (Fsp3) is 0.111. The number of rotatable bonds is 2. The van der Waals surface area contributed by atoms with E-state index in [1.54, 1.807) is 23.7 Å². The van der Waals surface area contributed by atoms with Gasteiger partial charge in [0, 0.05) is 23.8 Å². The van der Waals surface area contributed by atoms with Crippen molar-refractivity contribution in [3.05, 3.63) is 35.5 Å².